The second-order valence-electron chi connectivity index (χ2n) is 3.02. The van der Waals surface area contributed by atoms with Gasteiger partial charge in [0.1, 0.15) is 0 Å². The van der Waals surface area contributed by atoms with E-state index < -0.39 is 0 Å². The first-order valence-electron chi connectivity index (χ1n) is 3.97. The van der Waals surface area contributed by atoms with Crippen LogP contribution in [-0.2, 0) is 5.75 Å². The molecule has 1 rings (SSSR count). The van der Waals surface area contributed by atoms with Crippen LogP contribution in [0.15, 0.2) is 6.20 Å². The maximum Gasteiger partial charge on any atom is 0.200 e. The van der Waals surface area contributed by atoms with Crippen LogP contribution in [0.2, 0.25) is 0 Å². The lowest BCUT2D eigenvalue weighted by atomic mass is 10.4. The van der Waals surface area contributed by atoms with Gasteiger partial charge in [0.05, 0.1) is 5.69 Å². The maximum absolute atomic E-state index is 5.72. The van der Waals surface area contributed by atoms with Crippen LogP contribution in [0.3, 0.4) is 0 Å². The van der Waals surface area contributed by atoms with Crippen molar-refractivity contribution in [1.82, 2.24) is 9.55 Å². The number of nitrogen functional groups attached to an aromatic ring is 1. The van der Waals surface area contributed by atoms with E-state index in [1.165, 1.54) is 0 Å². The Kier molecular flexibility index (Phi) is 3.03. The molecule has 0 aliphatic rings. The molecule has 0 aromatic carbocycles. The van der Waals surface area contributed by atoms with Crippen molar-refractivity contribution in [3.05, 3.63) is 11.9 Å². The van der Waals surface area contributed by atoms with E-state index in [0.717, 1.165) is 11.4 Å². The molecule has 0 saturated carbocycles. The third-order valence-electron chi connectivity index (χ3n) is 1.66. The largest absolute Gasteiger partial charge is 0.369 e. The van der Waals surface area contributed by atoms with E-state index in [1.54, 1.807) is 11.8 Å². The quantitative estimate of drug-likeness (QED) is 0.782. The summed E-state index contributed by atoms with van der Waals surface area (Å²) in [6.07, 6.45) is 4.08. The van der Waals surface area contributed by atoms with Gasteiger partial charge < -0.3 is 10.3 Å². The molecule has 1 heterocycles. The highest BCUT2D eigenvalue weighted by Crippen LogP contribution is 2.15. The molecule has 68 valence electrons. The lowest BCUT2D eigenvalue weighted by molar-refractivity contribution is 0.608. The highest BCUT2D eigenvalue weighted by molar-refractivity contribution is 7.97. The predicted octanol–water partition coefficient (Wildman–Crippen LogP) is 1.91. The van der Waals surface area contributed by atoms with Crippen molar-refractivity contribution in [2.24, 2.45) is 0 Å². The SMILES string of the molecule is CSCc1cn(C(C)C)c(N)n1. The van der Waals surface area contributed by atoms with Crippen LogP contribution in [0.4, 0.5) is 5.95 Å². The van der Waals surface area contributed by atoms with E-state index >= 15 is 0 Å². The van der Waals surface area contributed by atoms with E-state index in [0.29, 0.717) is 12.0 Å². The van der Waals surface area contributed by atoms with Gasteiger partial charge in [-0.25, -0.2) is 4.98 Å². The summed E-state index contributed by atoms with van der Waals surface area (Å²) < 4.78 is 1.99. The lowest BCUT2D eigenvalue weighted by Crippen LogP contribution is -2.03. The number of aromatic nitrogens is 2. The van der Waals surface area contributed by atoms with Gasteiger partial charge in [0.2, 0.25) is 5.95 Å². The van der Waals surface area contributed by atoms with Gasteiger partial charge in [-0.1, -0.05) is 0 Å². The number of anilines is 1. The molecule has 2 N–H and O–H groups in total. The third-order valence-corrected chi connectivity index (χ3v) is 2.24. The zero-order valence-corrected chi connectivity index (χ0v) is 8.56. The van der Waals surface area contributed by atoms with Gasteiger partial charge >= 0.3 is 0 Å². The summed E-state index contributed by atoms with van der Waals surface area (Å²) in [6, 6.07) is 0.396. The minimum atomic E-state index is 0.396. The Balaban J connectivity index is 2.85. The summed E-state index contributed by atoms with van der Waals surface area (Å²) in [5, 5.41) is 0. The molecule has 12 heavy (non-hydrogen) atoms. The molecule has 3 nitrogen and oxygen atoms in total. The normalized spacial score (nSPS) is 11.0. The Labute approximate surface area is 77.4 Å². The van der Waals surface area contributed by atoms with Crippen LogP contribution in [0.25, 0.3) is 0 Å². The van der Waals surface area contributed by atoms with Gasteiger partial charge in [-0.3, -0.25) is 0 Å². The van der Waals surface area contributed by atoms with Crippen molar-refractivity contribution in [2.75, 3.05) is 12.0 Å². The number of nitrogens with zero attached hydrogens (tertiary/aromatic N) is 2. The van der Waals surface area contributed by atoms with Crippen molar-refractivity contribution in [2.45, 2.75) is 25.6 Å². The molecule has 0 atom stereocenters. The average Bonchev–Trinajstić information content (AvgIpc) is 2.32. The highest BCUT2D eigenvalue weighted by Gasteiger charge is 2.06. The van der Waals surface area contributed by atoms with Crippen LogP contribution in [0.1, 0.15) is 25.6 Å². The van der Waals surface area contributed by atoms with Gasteiger partial charge in [-0.05, 0) is 20.1 Å². The number of thioether (sulfide) groups is 1. The van der Waals surface area contributed by atoms with Gasteiger partial charge in [0.15, 0.2) is 0 Å². The minimum Gasteiger partial charge on any atom is -0.369 e. The number of rotatable bonds is 3. The maximum atomic E-state index is 5.72. The van der Waals surface area contributed by atoms with Crippen LogP contribution >= 0.6 is 11.8 Å². The fourth-order valence-corrected chi connectivity index (χ4v) is 1.53. The summed E-state index contributed by atoms with van der Waals surface area (Å²) >= 11 is 1.76. The first-order valence-corrected chi connectivity index (χ1v) is 5.36. The number of hydrogen-bond donors (Lipinski definition) is 1. The molecular formula is C8H15N3S. The highest BCUT2D eigenvalue weighted by atomic mass is 32.2. The zero-order valence-electron chi connectivity index (χ0n) is 7.74. The lowest BCUT2D eigenvalue weighted by Gasteiger charge is -2.06. The molecule has 0 aliphatic carbocycles. The zero-order chi connectivity index (χ0) is 9.14. The van der Waals surface area contributed by atoms with Crippen molar-refractivity contribution >= 4 is 17.7 Å². The molecule has 1 aromatic heterocycles. The van der Waals surface area contributed by atoms with E-state index in [4.69, 9.17) is 5.73 Å². The smallest absolute Gasteiger partial charge is 0.200 e. The molecule has 0 aliphatic heterocycles. The summed E-state index contributed by atoms with van der Waals surface area (Å²) in [5.41, 5.74) is 6.78. The Hall–Kier alpha value is -0.640. The average molecular weight is 185 g/mol. The first kappa shape index (κ1) is 9.45. The van der Waals surface area contributed by atoms with Crippen LogP contribution in [0.5, 0.6) is 0 Å². The number of imidazole rings is 1. The van der Waals surface area contributed by atoms with Crippen molar-refractivity contribution in [3.63, 3.8) is 0 Å². The molecule has 1 aromatic rings. The second-order valence-corrected chi connectivity index (χ2v) is 3.89. The Morgan fingerprint density at radius 1 is 1.67 bits per heavy atom. The number of hydrogen-bond acceptors (Lipinski definition) is 3. The molecular weight excluding hydrogens is 170 g/mol. The summed E-state index contributed by atoms with van der Waals surface area (Å²) in [5.74, 6) is 1.55. The van der Waals surface area contributed by atoms with Crippen LogP contribution in [0, 0.1) is 0 Å². The van der Waals surface area contributed by atoms with Gasteiger partial charge in [-0.15, -0.1) is 0 Å². The monoisotopic (exact) mass is 185 g/mol. The summed E-state index contributed by atoms with van der Waals surface area (Å²) in [6.45, 7) is 4.20. The van der Waals surface area contributed by atoms with Crippen LogP contribution < -0.4 is 5.73 Å². The first-order chi connectivity index (χ1) is 5.65. The van der Waals surface area contributed by atoms with Gasteiger partial charge in [-0.2, -0.15) is 11.8 Å². The summed E-state index contributed by atoms with van der Waals surface area (Å²) in [4.78, 5) is 4.24. The van der Waals surface area contributed by atoms with Crippen LogP contribution in [-0.4, -0.2) is 15.8 Å². The minimum absolute atomic E-state index is 0.396. The van der Waals surface area contributed by atoms with E-state index in [9.17, 15) is 0 Å². The predicted molar refractivity (Wildman–Crippen MR) is 54.2 cm³/mol. The van der Waals surface area contributed by atoms with Gasteiger partial charge in [0.25, 0.3) is 0 Å². The topological polar surface area (TPSA) is 43.8 Å². The molecule has 0 unspecified atom stereocenters. The standard InChI is InChI=1S/C8H15N3S/c1-6(2)11-4-7(5-12-3)10-8(11)9/h4,6H,5H2,1-3H3,(H2,9,10). The number of nitrogens with two attached hydrogens (primary N) is 1. The molecule has 4 heteroatoms. The Bertz CT molecular complexity index is 255. The Morgan fingerprint density at radius 3 is 2.75 bits per heavy atom. The van der Waals surface area contributed by atoms with Crippen molar-refractivity contribution in [1.29, 1.82) is 0 Å². The van der Waals surface area contributed by atoms with E-state index in [2.05, 4.69) is 25.1 Å². The van der Waals surface area contributed by atoms with Crippen molar-refractivity contribution in [3.8, 4) is 0 Å². The molecule has 0 amide bonds. The second kappa shape index (κ2) is 3.85. The van der Waals surface area contributed by atoms with Crippen molar-refractivity contribution < 1.29 is 0 Å². The van der Waals surface area contributed by atoms with E-state index in [-0.39, 0.29) is 0 Å². The molecule has 0 spiro atoms. The molecule has 0 saturated heterocycles. The fraction of sp³-hybridized carbons (Fsp3) is 0.625. The van der Waals surface area contributed by atoms with E-state index in [1.807, 2.05) is 10.8 Å². The third kappa shape index (κ3) is 1.94. The molecule has 0 bridgehead atoms. The Morgan fingerprint density at radius 2 is 2.33 bits per heavy atom. The fourth-order valence-electron chi connectivity index (χ4n) is 1.09. The molecule has 0 fully saturated rings. The molecule has 0 radical (unpaired) electrons. The van der Waals surface area contributed by atoms with Gasteiger partial charge in [0, 0.05) is 18.0 Å². The summed E-state index contributed by atoms with van der Waals surface area (Å²) in [7, 11) is 0.